The maximum atomic E-state index is 11.3. The van der Waals surface area contributed by atoms with Crippen molar-refractivity contribution >= 4 is 6.03 Å². The van der Waals surface area contributed by atoms with E-state index in [1.807, 2.05) is 6.07 Å². The van der Waals surface area contributed by atoms with Gasteiger partial charge in [0.1, 0.15) is 0 Å². The molecule has 1 rings (SSSR count). The summed E-state index contributed by atoms with van der Waals surface area (Å²) in [6, 6.07) is 2.25. The molecule has 1 fully saturated rings. The molecule has 1 heterocycles. The molecule has 1 unspecified atom stereocenters. The zero-order valence-corrected chi connectivity index (χ0v) is 8.08. The van der Waals surface area contributed by atoms with Gasteiger partial charge in [0, 0.05) is 13.1 Å². The summed E-state index contributed by atoms with van der Waals surface area (Å²) in [7, 11) is 0. The molecule has 0 aromatic heterocycles. The minimum Gasteiger partial charge on any atom is -0.333 e. The van der Waals surface area contributed by atoms with E-state index in [9.17, 15) is 4.79 Å². The van der Waals surface area contributed by atoms with E-state index in [1.165, 1.54) is 0 Å². The van der Waals surface area contributed by atoms with E-state index < -0.39 is 0 Å². The molecule has 72 valence electrons. The van der Waals surface area contributed by atoms with Crippen LogP contribution in [-0.4, -0.2) is 30.1 Å². The van der Waals surface area contributed by atoms with Crippen LogP contribution in [0.4, 0.5) is 4.79 Å². The van der Waals surface area contributed by atoms with Gasteiger partial charge in [0.2, 0.25) is 0 Å². The first-order valence-electron chi connectivity index (χ1n) is 4.57. The normalized spacial score (nSPS) is 21.8. The summed E-state index contributed by atoms with van der Waals surface area (Å²) in [5.41, 5.74) is 0. The Balaban J connectivity index is 2.43. The lowest BCUT2D eigenvalue weighted by molar-refractivity contribution is 0.218. The number of carbonyl (C=O) groups excluding carboxylic acids is 1. The van der Waals surface area contributed by atoms with Crippen molar-refractivity contribution in [2.24, 2.45) is 5.92 Å². The molecule has 13 heavy (non-hydrogen) atoms. The van der Waals surface area contributed by atoms with Crippen LogP contribution in [-0.2, 0) is 0 Å². The summed E-state index contributed by atoms with van der Waals surface area (Å²) >= 11 is 0. The van der Waals surface area contributed by atoms with Crippen molar-refractivity contribution < 1.29 is 4.79 Å². The quantitative estimate of drug-likeness (QED) is 0.704. The highest BCUT2D eigenvalue weighted by Gasteiger charge is 2.29. The van der Waals surface area contributed by atoms with Crippen molar-refractivity contribution in [2.45, 2.75) is 26.3 Å². The molecule has 0 bridgehead atoms. The molecule has 4 nitrogen and oxygen atoms in total. The number of nitrogens with zero attached hydrogens (tertiary/aromatic N) is 2. The van der Waals surface area contributed by atoms with Gasteiger partial charge in [-0.05, 0) is 5.92 Å². The molecule has 1 atom stereocenters. The summed E-state index contributed by atoms with van der Waals surface area (Å²) < 4.78 is 0. The zero-order chi connectivity index (χ0) is 9.84. The fourth-order valence-corrected chi connectivity index (χ4v) is 1.37. The van der Waals surface area contributed by atoms with Crippen LogP contribution >= 0.6 is 0 Å². The molecule has 1 saturated heterocycles. The van der Waals surface area contributed by atoms with Crippen molar-refractivity contribution in [3.05, 3.63) is 0 Å². The van der Waals surface area contributed by atoms with Gasteiger partial charge in [0.25, 0.3) is 0 Å². The monoisotopic (exact) mass is 181 g/mol. The average molecular weight is 181 g/mol. The molecule has 0 aromatic rings. The van der Waals surface area contributed by atoms with Gasteiger partial charge in [-0.1, -0.05) is 13.8 Å². The molecule has 0 spiro atoms. The smallest absolute Gasteiger partial charge is 0.317 e. The highest BCUT2D eigenvalue weighted by atomic mass is 16.2. The average Bonchev–Trinajstić information content (AvgIpc) is 2.44. The molecular weight excluding hydrogens is 166 g/mol. The third-order valence-corrected chi connectivity index (χ3v) is 2.31. The Morgan fingerprint density at radius 1 is 1.77 bits per heavy atom. The van der Waals surface area contributed by atoms with Crippen LogP contribution in [0.1, 0.15) is 20.3 Å². The summed E-state index contributed by atoms with van der Waals surface area (Å²) in [5, 5.41) is 11.3. The number of carbonyl (C=O) groups is 1. The van der Waals surface area contributed by atoms with Gasteiger partial charge >= 0.3 is 6.03 Å². The van der Waals surface area contributed by atoms with Crippen LogP contribution in [0.3, 0.4) is 0 Å². The Morgan fingerprint density at radius 3 is 2.92 bits per heavy atom. The first-order chi connectivity index (χ1) is 6.15. The van der Waals surface area contributed by atoms with Crippen molar-refractivity contribution in [3.63, 3.8) is 0 Å². The predicted octanol–water partition coefficient (Wildman–Crippen LogP) is 0.950. The largest absolute Gasteiger partial charge is 0.333 e. The van der Waals surface area contributed by atoms with Gasteiger partial charge in [-0.25, -0.2) is 4.79 Å². The fraction of sp³-hybridized carbons (Fsp3) is 0.778. The third kappa shape index (κ3) is 2.35. The maximum absolute atomic E-state index is 11.3. The van der Waals surface area contributed by atoms with E-state index in [2.05, 4.69) is 19.2 Å². The number of hydrogen-bond donors (Lipinski definition) is 1. The summed E-state index contributed by atoms with van der Waals surface area (Å²) in [6.07, 6.45) is 0.415. The summed E-state index contributed by atoms with van der Waals surface area (Å²) in [4.78, 5) is 13.0. The number of urea groups is 1. The summed E-state index contributed by atoms with van der Waals surface area (Å²) in [5.74, 6) is 0.455. The van der Waals surface area contributed by atoms with Crippen molar-refractivity contribution in [1.82, 2.24) is 10.2 Å². The second-order valence-electron chi connectivity index (χ2n) is 3.65. The molecule has 4 heteroatoms. The highest BCUT2D eigenvalue weighted by Crippen LogP contribution is 2.11. The molecule has 2 amide bonds. The van der Waals surface area contributed by atoms with Crippen molar-refractivity contribution in [2.75, 3.05) is 13.1 Å². The van der Waals surface area contributed by atoms with E-state index >= 15 is 0 Å². The van der Waals surface area contributed by atoms with Crippen molar-refractivity contribution in [1.29, 1.82) is 5.26 Å². The third-order valence-electron chi connectivity index (χ3n) is 2.31. The van der Waals surface area contributed by atoms with Gasteiger partial charge in [-0.2, -0.15) is 5.26 Å². The predicted molar refractivity (Wildman–Crippen MR) is 49.0 cm³/mol. The van der Waals surface area contributed by atoms with Crippen molar-refractivity contribution in [3.8, 4) is 6.07 Å². The number of rotatable bonds is 3. The Hall–Kier alpha value is -1.24. The standard InChI is InChI=1S/C9H15N3O/c1-7(2)8-6-12(5-3-4-10)9(13)11-8/h7-8H,3,5-6H2,1-2H3,(H,11,13). The van der Waals surface area contributed by atoms with E-state index in [-0.39, 0.29) is 12.1 Å². The zero-order valence-electron chi connectivity index (χ0n) is 8.08. The first kappa shape index (κ1) is 9.85. The number of nitrogens with one attached hydrogen (secondary N) is 1. The van der Waals surface area contributed by atoms with Gasteiger partial charge in [-0.15, -0.1) is 0 Å². The Kier molecular flexibility index (Phi) is 3.13. The maximum Gasteiger partial charge on any atom is 0.317 e. The van der Waals surface area contributed by atoms with Crippen LogP contribution < -0.4 is 5.32 Å². The summed E-state index contributed by atoms with van der Waals surface area (Å²) in [6.45, 7) is 5.45. The fourth-order valence-electron chi connectivity index (χ4n) is 1.37. The molecule has 0 aromatic carbocycles. The lowest BCUT2D eigenvalue weighted by Gasteiger charge is -2.14. The SMILES string of the molecule is CC(C)C1CN(CCC#N)C(=O)N1. The lowest BCUT2D eigenvalue weighted by atomic mass is 10.1. The van der Waals surface area contributed by atoms with Crippen LogP contribution in [0.5, 0.6) is 0 Å². The van der Waals surface area contributed by atoms with Crippen LogP contribution in [0.25, 0.3) is 0 Å². The minimum absolute atomic E-state index is 0.0334. The topological polar surface area (TPSA) is 56.1 Å². The van der Waals surface area contributed by atoms with Crippen LogP contribution in [0.2, 0.25) is 0 Å². The number of hydrogen-bond acceptors (Lipinski definition) is 2. The number of amides is 2. The Morgan fingerprint density at radius 2 is 2.46 bits per heavy atom. The van der Waals surface area contributed by atoms with Gasteiger partial charge < -0.3 is 10.2 Å². The second kappa shape index (κ2) is 4.13. The molecule has 0 aliphatic carbocycles. The number of nitriles is 1. The Labute approximate surface area is 78.5 Å². The molecule has 1 aliphatic rings. The highest BCUT2D eigenvalue weighted by molar-refractivity contribution is 5.76. The van der Waals surface area contributed by atoms with E-state index in [1.54, 1.807) is 4.90 Å². The molecule has 1 N–H and O–H groups in total. The molecule has 0 radical (unpaired) electrons. The van der Waals surface area contributed by atoms with Gasteiger partial charge in [0.05, 0.1) is 18.5 Å². The van der Waals surface area contributed by atoms with Gasteiger partial charge in [-0.3, -0.25) is 0 Å². The lowest BCUT2D eigenvalue weighted by Crippen LogP contribution is -2.31. The van der Waals surface area contributed by atoms with Gasteiger partial charge in [0.15, 0.2) is 0 Å². The first-order valence-corrected chi connectivity index (χ1v) is 4.57. The van der Waals surface area contributed by atoms with Crippen LogP contribution in [0.15, 0.2) is 0 Å². The molecular formula is C9H15N3O. The van der Waals surface area contributed by atoms with E-state index in [0.29, 0.717) is 18.9 Å². The van der Waals surface area contributed by atoms with E-state index in [0.717, 1.165) is 6.54 Å². The molecule has 1 aliphatic heterocycles. The van der Waals surface area contributed by atoms with E-state index in [4.69, 9.17) is 5.26 Å². The minimum atomic E-state index is -0.0334. The Bertz CT molecular complexity index is 232. The second-order valence-corrected chi connectivity index (χ2v) is 3.65. The molecule has 0 saturated carbocycles. The van der Waals surface area contributed by atoms with Crippen LogP contribution in [0, 0.1) is 17.2 Å².